The largest absolute Gasteiger partial charge is 0.135 e. The Balaban J connectivity index is 1.06. The van der Waals surface area contributed by atoms with Crippen molar-refractivity contribution in [1.82, 2.24) is 0 Å². The molecule has 1 heteroatoms. The van der Waals surface area contributed by atoms with Gasteiger partial charge in [-0.25, -0.2) is 0 Å². The first-order chi connectivity index (χ1) is 31.0. The lowest BCUT2D eigenvalue weighted by Crippen LogP contribution is -2.25. The van der Waals surface area contributed by atoms with Crippen molar-refractivity contribution in [2.45, 2.75) is 167 Å². The predicted molar refractivity (Wildman–Crippen MR) is 278 cm³/mol. The van der Waals surface area contributed by atoms with Crippen LogP contribution in [0.4, 0.5) is 0 Å². The van der Waals surface area contributed by atoms with Crippen molar-refractivity contribution in [1.29, 1.82) is 0 Å². The summed E-state index contributed by atoms with van der Waals surface area (Å²) in [7, 11) is 0. The highest BCUT2D eigenvalue weighted by Gasteiger charge is 2.43. The molecule has 63 heavy (non-hydrogen) atoms. The zero-order valence-electron chi connectivity index (χ0n) is 39.1. The molecule has 326 valence electrons. The van der Waals surface area contributed by atoms with E-state index in [0.29, 0.717) is 0 Å². The van der Waals surface area contributed by atoms with E-state index < -0.39 is 0 Å². The highest BCUT2D eigenvalue weighted by Crippen LogP contribution is 2.57. The summed E-state index contributed by atoms with van der Waals surface area (Å²) in [5.74, 6) is 0. The van der Waals surface area contributed by atoms with Crippen LogP contribution in [0.25, 0.3) is 64.7 Å². The summed E-state index contributed by atoms with van der Waals surface area (Å²) >= 11 is 1.97. The third kappa shape index (κ3) is 8.38. The van der Waals surface area contributed by atoms with Gasteiger partial charge in [0.2, 0.25) is 0 Å². The molecule has 0 aliphatic heterocycles. The summed E-state index contributed by atoms with van der Waals surface area (Å²) < 4.78 is 2.77. The minimum atomic E-state index is 0.103. The van der Waals surface area contributed by atoms with E-state index in [-0.39, 0.29) is 10.8 Å². The van der Waals surface area contributed by atoms with Crippen LogP contribution in [0.15, 0.2) is 121 Å². The lowest BCUT2D eigenvalue weighted by molar-refractivity contribution is 0.401. The van der Waals surface area contributed by atoms with Crippen LogP contribution in [0, 0.1) is 0 Å². The molecule has 9 rings (SSSR count). The number of benzene rings is 6. The van der Waals surface area contributed by atoms with Crippen molar-refractivity contribution >= 4 is 31.5 Å². The first kappa shape index (κ1) is 43.8. The van der Waals surface area contributed by atoms with E-state index in [2.05, 4.69) is 149 Å². The molecule has 0 amide bonds. The minimum Gasteiger partial charge on any atom is -0.135 e. The van der Waals surface area contributed by atoms with E-state index in [1.165, 1.54) is 193 Å². The van der Waals surface area contributed by atoms with Gasteiger partial charge < -0.3 is 0 Å². The molecule has 0 saturated carbocycles. The van der Waals surface area contributed by atoms with Crippen molar-refractivity contribution in [3.63, 3.8) is 0 Å². The van der Waals surface area contributed by atoms with Gasteiger partial charge in [0.1, 0.15) is 0 Å². The normalized spacial score (nSPS) is 14.3. The zero-order chi connectivity index (χ0) is 43.2. The van der Waals surface area contributed by atoms with Crippen molar-refractivity contribution in [3.05, 3.63) is 144 Å². The Kier molecular flexibility index (Phi) is 13.7. The van der Waals surface area contributed by atoms with Crippen LogP contribution >= 0.6 is 11.3 Å². The summed E-state index contributed by atoms with van der Waals surface area (Å²) in [4.78, 5) is 0. The van der Waals surface area contributed by atoms with Crippen molar-refractivity contribution in [2.75, 3.05) is 0 Å². The maximum atomic E-state index is 2.61. The van der Waals surface area contributed by atoms with Gasteiger partial charge in [-0.1, -0.05) is 227 Å². The van der Waals surface area contributed by atoms with Crippen LogP contribution in [-0.4, -0.2) is 0 Å². The van der Waals surface area contributed by atoms with Gasteiger partial charge in [-0.15, -0.1) is 11.3 Å². The molecule has 0 radical (unpaired) electrons. The first-order valence-electron chi connectivity index (χ1n) is 25.5. The van der Waals surface area contributed by atoms with E-state index >= 15 is 0 Å². The van der Waals surface area contributed by atoms with Gasteiger partial charge in [0.25, 0.3) is 0 Å². The SMILES string of the molecule is CCCCCCC1(CCCCCC)c2ccccc2-c2ccc(-c3ccc4c(c3)sc3cc(-c5ccc6c(c5)C(CCCCCC)(CCCCCC)c5ccccc5-6)ccc34)cc21. The van der Waals surface area contributed by atoms with Crippen LogP contribution in [0.3, 0.4) is 0 Å². The van der Waals surface area contributed by atoms with E-state index in [0.717, 1.165) is 0 Å². The fourth-order valence-electron chi connectivity index (χ4n) is 12.1. The molecule has 0 spiro atoms. The molecule has 0 unspecified atom stereocenters. The molecular formula is C62H72S. The van der Waals surface area contributed by atoms with Gasteiger partial charge in [0.05, 0.1) is 0 Å². The Hall–Kier alpha value is -4.46. The number of hydrogen-bond donors (Lipinski definition) is 0. The molecule has 6 aromatic carbocycles. The Morgan fingerprint density at radius 1 is 0.317 bits per heavy atom. The highest BCUT2D eigenvalue weighted by molar-refractivity contribution is 7.25. The Morgan fingerprint density at radius 3 is 1.03 bits per heavy atom. The second-order valence-electron chi connectivity index (χ2n) is 19.5. The molecule has 1 heterocycles. The topological polar surface area (TPSA) is 0 Å². The number of hydrogen-bond acceptors (Lipinski definition) is 1. The average molecular weight is 849 g/mol. The quantitative estimate of drug-likeness (QED) is 0.0596. The van der Waals surface area contributed by atoms with Crippen LogP contribution in [0.2, 0.25) is 0 Å². The monoisotopic (exact) mass is 849 g/mol. The molecule has 0 N–H and O–H groups in total. The lowest BCUT2D eigenvalue weighted by atomic mass is 9.70. The van der Waals surface area contributed by atoms with Gasteiger partial charge >= 0.3 is 0 Å². The second kappa shape index (κ2) is 19.7. The first-order valence-corrected chi connectivity index (χ1v) is 26.3. The fourth-order valence-corrected chi connectivity index (χ4v) is 13.3. The summed E-state index contributed by atoms with van der Waals surface area (Å²) in [6, 6.07) is 48.4. The van der Waals surface area contributed by atoms with Crippen LogP contribution < -0.4 is 0 Å². The Labute approximate surface area is 384 Å². The molecule has 0 nitrogen and oxygen atoms in total. The molecule has 2 aliphatic rings. The molecule has 0 saturated heterocycles. The van der Waals surface area contributed by atoms with Gasteiger partial charge in [0.15, 0.2) is 0 Å². The van der Waals surface area contributed by atoms with E-state index in [4.69, 9.17) is 0 Å². The molecule has 2 aliphatic carbocycles. The lowest BCUT2D eigenvalue weighted by Gasteiger charge is -2.33. The number of unbranched alkanes of at least 4 members (excludes halogenated alkanes) is 12. The highest BCUT2D eigenvalue weighted by atomic mass is 32.1. The molecular weight excluding hydrogens is 777 g/mol. The maximum absolute atomic E-state index is 2.61. The van der Waals surface area contributed by atoms with Gasteiger partial charge in [-0.2, -0.15) is 0 Å². The minimum absolute atomic E-state index is 0.103. The molecule has 0 bridgehead atoms. The summed E-state index contributed by atoms with van der Waals surface area (Å²) in [6.07, 6.45) is 26.0. The smallest absolute Gasteiger partial charge is 0.0361 e. The van der Waals surface area contributed by atoms with E-state index in [1.54, 1.807) is 22.3 Å². The van der Waals surface area contributed by atoms with Crippen LogP contribution in [0.5, 0.6) is 0 Å². The number of rotatable bonds is 22. The fraction of sp³-hybridized carbons (Fsp3) is 0.419. The van der Waals surface area contributed by atoms with Gasteiger partial charge in [0, 0.05) is 31.0 Å². The summed E-state index contributed by atoms with van der Waals surface area (Å²) in [5.41, 5.74) is 17.8. The molecule has 1 aromatic heterocycles. The van der Waals surface area contributed by atoms with Crippen LogP contribution in [-0.2, 0) is 10.8 Å². The second-order valence-corrected chi connectivity index (χ2v) is 20.6. The Morgan fingerprint density at radius 2 is 0.651 bits per heavy atom. The van der Waals surface area contributed by atoms with Crippen molar-refractivity contribution in [2.24, 2.45) is 0 Å². The molecule has 0 fully saturated rings. The van der Waals surface area contributed by atoms with E-state index in [1.807, 2.05) is 11.3 Å². The van der Waals surface area contributed by atoms with Crippen molar-refractivity contribution < 1.29 is 0 Å². The summed E-state index contributed by atoms with van der Waals surface area (Å²) in [6.45, 7) is 9.34. The van der Waals surface area contributed by atoms with Gasteiger partial charge in [-0.3, -0.25) is 0 Å². The molecule has 7 aromatic rings. The summed E-state index contributed by atoms with van der Waals surface area (Å²) in [5, 5.41) is 2.75. The molecule has 0 atom stereocenters. The number of fused-ring (bicyclic) bond motifs is 9. The third-order valence-electron chi connectivity index (χ3n) is 15.5. The van der Waals surface area contributed by atoms with Crippen LogP contribution in [0.1, 0.15) is 178 Å². The van der Waals surface area contributed by atoms with Gasteiger partial charge in [-0.05, 0) is 117 Å². The third-order valence-corrected chi connectivity index (χ3v) is 16.6. The predicted octanol–water partition coefficient (Wildman–Crippen LogP) is 19.8. The maximum Gasteiger partial charge on any atom is 0.0361 e. The average Bonchev–Trinajstić information content (AvgIpc) is 3.93. The zero-order valence-corrected chi connectivity index (χ0v) is 39.9. The van der Waals surface area contributed by atoms with E-state index in [9.17, 15) is 0 Å². The Bertz CT molecular complexity index is 2450. The number of thiophene rings is 1. The van der Waals surface area contributed by atoms with Crippen molar-refractivity contribution in [3.8, 4) is 44.5 Å². The standard InChI is InChI=1S/C62H72S/c1-5-9-13-21-37-61(38-22-14-10-6-2)55-27-19-17-25-49(55)51-33-29-45(41-57(51)61)47-31-35-53-54-36-32-48(44-60(54)63-59(53)43-47)46-30-34-52-50-26-18-20-28-56(50)62(58(52)42-46,39-23-15-11-7-3)40-24-16-12-8-4/h17-20,25-36,41-44H,5-16,21-24,37-40H2,1-4H3.